The van der Waals surface area contributed by atoms with Gasteiger partial charge in [-0.15, -0.1) is 0 Å². The molecule has 0 unspecified atom stereocenters. The smallest absolute Gasteiger partial charge is 0.274 e. The van der Waals surface area contributed by atoms with E-state index < -0.39 is 0 Å². The van der Waals surface area contributed by atoms with Gasteiger partial charge in [0.25, 0.3) is 5.56 Å². The topological polar surface area (TPSA) is 38.1 Å². The van der Waals surface area contributed by atoms with E-state index in [2.05, 4.69) is 57.0 Å². The first kappa shape index (κ1) is 19.8. The number of benzene rings is 2. The van der Waals surface area contributed by atoms with Crippen LogP contribution in [0.1, 0.15) is 50.4 Å². The number of rotatable bonds is 4. The van der Waals surface area contributed by atoms with E-state index in [0.29, 0.717) is 12.6 Å². The molecule has 0 aliphatic carbocycles. The van der Waals surface area contributed by atoms with Crippen LogP contribution in [0.3, 0.4) is 0 Å². The van der Waals surface area contributed by atoms with Gasteiger partial charge >= 0.3 is 0 Å². The van der Waals surface area contributed by atoms with Crippen molar-refractivity contribution in [2.45, 2.75) is 58.0 Å². The second-order valence-corrected chi connectivity index (χ2v) is 9.38. The fourth-order valence-electron chi connectivity index (χ4n) is 4.29. The van der Waals surface area contributed by atoms with Gasteiger partial charge in [0.05, 0.1) is 17.6 Å². The molecule has 0 bridgehead atoms. The number of aromatic nitrogens is 2. The molecule has 1 fully saturated rings. The number of hydrogen-bond donors (Lipinski definition) is 0. The molecule has 0 spiro atoms. The van der Waals surface area contributed by atoms with Crippen LogP contribution in [0, 0.1) is 0 Å². The summed E-state index contributed by atoms with van der Waals surface area (Å²) in [6, 6.07) is 17.1. The van der Waals surface area contributed by atoms with Crippen LogP contribution in [0.4, 0.5) is 0 Å². The molecule has 1 atom stereocenters. The fraction of sp³-hybridized carbons (Fsp3) is 0.440. The van der Waals surface area contributed by atoms with Crippen LogP contribution in [-0.2, 0) is 18.4 Å². The van der Waals surface area contributed by atoms with Crippen LogP contribution in [0.5, 0.6) is 0 Å². The number of nitrogens with zero attached hydrogens (tertiary/aromatic N) is 3. The second kappa shape index (κ2) is 7.75. The molecule has 4 heteroatoms. The van der Waals surface area contributed by atoms with Gasteiger partial charge < -0.3 is 4.90 Å². The molecule has 29 heavy (non-hydrogen) atoms. The lowest BCUT2D eigenvalue weighted by molar-refractivity contribution is 0.270. The van der Waals surface area contributed by atoms with Crippen molar-refractivity contribution in [2.24, 2.45) is 0 Å². The Morgan fingerprint density at radius 1 is 1.03 bits per heavy atom. The molecular formula is C25H31N3O. The summed E-state index contributed by atoms with van der Waals surface area (Å²) in [5.74, 6) is 0. The number of hydrogen-bond acceptors (Lipinski definition) is 3. The Morgan fingerprint density at radius 2 is 1.72 bits per heavy atom. The molecule has 1 aliphatic heterocycles. The summed E-state index contributed by atoms with van der Waals surface area (Å²) in [6.45, 7) is 8.45. The quantitative estimate of drug-likeness (QED) is 0.665. The first-order chi connectivity index (χ1) is 13.8. The average Bonchev–Trinajstić information content (AvgIpc) is 3.10. The van der Waals surface area contributed by atoms with Gasteiger partial charge in [0.2, 0.25) is 0 Å². The molecule has 1 saturated heterocycles. The molecule has 0 amide bonds. The van der Waals surface area contributed by atoms with E-state index in [1.807, 2.05) is 24.3 Å². The second-order valence-electron chi connectivity index (χ2n) is 9.38. The van der Waals surface area contributed by atoms with Crippen LogP contribution in [0.2, 0.25) is 0 Å². The summed E-state index contributed by atoms with van der Waals surface area (Å²) in [5.41, 5.74) is 3.69. The number of fused-ring (bicyclic) bond motifs is 1. The third kappa shape index (κ3) is 4.13. The van der Waals surface area contributed by atoms with Gasteiger partial charge in [-0.3, -0.25) is 4.79 Å². The van der Waals surface area contributed by atoms with E-state index in [0.717, 1.165) is 35.9 Å². The molecule has 2 aromatic carbocycles. The molecule has 1 aromatic heterocycles. The molecule has 3 aromatic rings. The zero-order valence-corrected chi connectivity index (χ0v) is 18.0. The van der Waals surface area contributed by atoms with E-state index in [1.54, 1.807) is 4.68 Å². The van der Waals surface area contributed by atoms with Gasteiger partial charge in [-0.1, -0.05) is 63.2 Å². The molecule has 1 aliphatic rings. The van der Waals surface area contributed by atoms with Crippen molar-refractivity contribution in [3.8, 4) is 0 Å². The summed E-state index contributed by atoms with van der Waals surface area (Å²) in [6.07, 6.45) is 3.04. The van der Waals surface area contributed by atoms with E-state index in [1.165, 1.54) is 17.5 Å². The van der Waals surface area contributed by atoms with Crippen molar-refractivity contribution >= 4 is 10.8 Å². The summed E-state index contributed by atoms with van der Waals surface area (Å²) >= 11 is 0. The highest BCUT2D eigenvalue weighted by molar-refractivity contribution is 5.83. The number of likely N-dealkylation sites (N-methyl/N-ethyl adjacent to an activating group) is 1. The minimum Gasteiger partial charge on any atom is -0.302 e. The van der Waals surface area contributed by atoms with E-state index in [-0.39, 0.29) is 11.0 Å². The van der Waals surface area contributed by atoms with Crippen LogP contribution in [0.15, 0.2) is 53.3 Å². The fourth-order valence-corrected chi connectivity index (χ4v) is 4.29. The molecular weight excluding hydrogens is 358 g/mol. The van der Waals surface area contributed by atoms with Crippen molar-refractivity contribution in [2.75, 3.05) is 13.6 Å². The minimum atomic E-state index is 0.0210. The minimum absolute atomic E-state index is 0.0210. The molecule has 152 valence electrons. The van der Waals surface area contributed by atoms with Crippen molar-refractivity contribution in [1.29, 1.82) is 0 Å². The van der Waals surface area contributed by atoms with Crippen molar-refractivity contribution < 1.29 is 0 Å². The third-order valence-electron chi connectivity index (χ3n) is 6.19. The van der Waals surface area contributed by atoms with Crippen LogP contribution in [0.25, 0.3) is 10.8 Å². The van der Waals surface area contributed by atoms with Crippen LogP contribution >= 0.6 is 0 Å². The summed E-state index contributed by atoms with van der Waals surface area (Å²) in [4.78, 5) is 15.4. The first-order valence-electron chi connectivity index (χ1n) is 10.6. The van der Waals surface area contributed by atoms with Gasteiger partial charge in [0.15, 0.2) is 0 Å². The molecule has 4 rings (SSSR count). The lowest BCUT2D eigenvalue weighted by Crippen LogP contribution is -2.35. The highest BCUT2D eigenvalue weighted by Crippen LogP contribution is 2.24. The highest BCUT2D eigenvalue weighted by atomic mass is 16.1. The SMILES string of the molecule is CN1CCC[C@@H]1Cn1nc(Cc2ccc(C(C)(C)C)cc2)c2ccccc2c1=O. The maximum absolute atomic E-state index is 13.1. The average molecular weight is 390 g/mol. The molecule has 4 nitrogen and oxygen atoms in total. The maximum Gasteiger partial charge on any atom is 0.274 e. The molecule has 2 heterocycles. The van der Waals surface area contributed by atoms with Crippen LogP contribution < -0.4 is 5.56 Å². The van der Waals surface area contributed by atoms with E-state index >= 15 is 0 Å². The van der Waals surface area contributed by atoms with Gasteiger partial charge in [-0.25, -0.2) is 4.68 Å². The molecule has 0 N–H and O–H groups in total. The van der Waals surface area contributed by atoms with Crippen molar-refractivity contribution in [1.82, 2.24) is 14.7 Å². The standard InChI is InChI=1S/C25H31N3O/c1-25(2,3)19-13-11-18(12-14-19)16-23-21-9-5-6-10-22(21)24(29)28(26-23)17-20-8-7-15-27(20)4/h5-6,9-14,20H,7-8,15-17H2,1-4H3/t20-/m1/s1. The normalized spacial score (nSPS) is 17.9. The Morgan fingerprint density at radius 3 is 2.34 bits per heavy atom. The summed E-state index contributed by atoms with van der Waals surface area (Å²) < 4.78 is 1.70. The zero-order chi connectivity index (χ0) is 20.6. The number of likely N-dealkylation sites (tertiary alicyclic amines) is 1. The van der Waals surface area contributed by atoms with Crippen LogP contribution in [-0.4, -0.2) is 34.3 Å². The lowest BCUT2D eigenvalue weighted by Gasteiger charge is -2.21. The first-order valence-corrected chi connectivity index (χ1v) is 10.6. The highest BCUT2D eigenvalue weighted by Gasteiger charge is 2.23. The van der Waals surface area contributed by atoms with Gasteiger partial charge in [0.1, 0.15) is 0 Å². The molecule has 0 radical (unpaired) electrons. The van der Waals surface area contributed by atoms with Gasteiger partial charge in [-0.2, -0.15) is 5.10 Å². The van der Waals surface area contributed by atoms with Crippen molar-refractivity contribution in [3.05, 3.63) is 75.7 Å². The Hall–Kier alpha value is -2.46. The summed E-state index contributed by atoms with van der Waals surface area (Å²) in [7, 11) is 2.14. The summed E-state index contributed by atoms with van der Waals surface area (Å²) in [5, 5.41) is 6.58. The predicted octanol–water partition coefficient (Wildman–Crippen LogP) is 4.38. The lowest BCUT2D eigenvalue weighted by atomic mass is 9.86. The van der Waals surface area contributed by atoms with E-state index in [4.69, 9.17) is 5.10 Å². The maximum atomic E-state index is 13.1. The Balaban J connectivity index is 1.71. The monoisotopic (exact) mass is 389 g/mol. The largest absolute Gasteiger partial charge is 0.302 e. The predicted molar refractivity (Wildman–Crippen MR) is 120 cm³/mol. The third-order valence-corrected chi connectivity index (χ3v) is 6.19. The van der Waals surface area contributed by atoms with Gasteiger partial charge in [0, 0.05) is 17.8 Å². The van der Waals surface area contributed by atoms with Gasteiger partial charge in [-0.05, 0) is 49.0 Å². The Bertz CT molecular complexity index is 1060. The van der Waals surface area contributed by atoms with Crippen molar-refractivity contribution in [3.63, 3.8) is 0 Å². The molecule has 0 saturated carbocycles. The Labute approximate surface area is 173 Å². The Kier molecular flexibility index (Phi) is 5.30. The van der Waals surface area contributed by atoms with E-state index in [9.17, 15) is 4.79 Å². The zero-order valence-electron chi connectivity index (χ0n) is 18.0.